The second-order valence-corrected chi connectivity index (χ2v) is 6.49. The van der Waals surface area contributed by atoms with Gasteiger partial charge < -0.3 is 5.11 Å². The highest BCUT2D eigenvalue weighted by atomic mass is 16.4. The number of fused-ring (bicyclic) bond motifs is 1. The largest absolute Gasteiger partial charge is 0.481 e. The van der Waals surface area contributed by atoms with Gasteiger partial charge in [-0.1, -0.05) is 43.9 Å². The number of hydrogen-bond donors (Lipinski definition) is 1. The van der Waals surface area contributed by atoms with Crippen molar-refractivity contribution < 1.29 is 9.90 Å². The summed E-state index contributed by atoms with van der Waals surface area (Å²) < 4.78 is 0. The minimum absolute atomic E-state index is 0.612. The molecule has 0 heterocycles. The van der Waals surface area contributed by atoms with Gasteiger partial charge in [-0.3, -0.25) is 4.79 Å². The van der Waals surface area contributed by atoms with Crippen molar-refractivity contribution in [1.29, 1.82) is 0 Å². The molecule has 1 fully saturated rings. The molecule has 0 atom stereocenters. The fraction of sp³-hybridized carbons (Fsp3) is 0.611. The van der Waals surface area contributed by atoms with E-state index in [1.54, 1.807) is 0 Å². The Morgan fingerprint density at radius 1 is 0.900 bits per heavy atom. The Kier molecular flexibility index (Phi) is 3.82. The molecule has 0 radical (unpaired) electrons. The molecular weight excluding hydrogens is 248 g/mol. The van der Waals surface area contributed by atoms with Gasteiger partial charge in [0.2, 0.25) is 0 Å². The normalized spacial score (nSPS) is 21.8. The minimum atomic E-state index is -0.620. The molecule has 108 valence electrons. The van der Waals surface area contributed by atoms with E-state index in [1.165, 1.54) is 36.8 Å². The molecule has 0 unspecified atom stereocenters. The summed E-state index contributed by atoms with van der Waals surface area (Å²) in [6.07, 6.45) is 11.0. The van der Waals surface area contributed by atoms with E-state index in [0.717, 1.165) is 44.1 Å². The lowest BCUT2D eigenvalue weighted by atomic mass is 9.69. The monoisotopic (exact) mass is 272 g/mol. The molecule has 0 aliphatic heterocycles. The van der Waals surface area contributed by atoms with Crippen molar-refractivity contribution in [2.75, 3.05) is 0 Å². The summed E-state index contributed by atoms with van der Waals surface area (Å²) in [7, 11) is 0. The highest BCUT2D eigenvalue weighted by molar-refractivity contribution is 5.81. The summed E-state index contributed by atoms with van der Waals surface area (Å²) in [6.45, 7) is 0. The Balaban J connectivity index is 1.99. The predicted molar refractivity (Wildman–Crippen MR) is 80.1 cm³/mol. The first kappa shape index (κ1) is 13.7. The van der Waals surface area contributed by atoms with E-state index in [1.807, 2.05) is 0 Å². The van der Waals surface area contributed by atoms with E-state index in [-0.39, 0.29) is 0 Å². The molecule has 2 aliphatic rings. The zero-order valence-corrected chi connectivity index (χ0v) is 12.2. The zero-order valence-electron chi connectivity index (χ0n) is 12.2. The van der Waals surface area contributed by atoms with Gasteiger partial charge in [0, 0.05) is 0 Å². The molecule has 1 N–H and O–H groups in total. The smallest absolute Gasteiger partial charge is 0.314 e. The van der Waals surface area contributed by atoms with E-state index in [9.17, 15) is 9.90 Å². The van der Waals surface area contributed by atoms with Crippen LogP contribution in [0, 0.1) is 0 Å². The summed E-state index contributed by atoms with van der Waals surface area (Å²) in [4.78, 5) is 11.9. The van der Waals surface area contributed by atoms with Crippen LogP contribution in [0.4, 0.5) is 0 Å². The third-order valence-electron chi connectivity index (χ3n) is 5.27. The van der Waals surface area contributed by atoms with Gasteiger partial charge in [-0.25, -0.2) is 0 Å². The Hall–Kier alpha value is -1.31. The van der Waals surface area contributed by atoms with Gasteiger partial charge >= 0.3 is 5.97 Å². The molecule has 1 saturated carbocycles. The van der Waals surface area contributed by atoms with Crippen molar-refractivity contribution in [1.82, 2.24) is 0 Å². The van der Waals surface area contributed by atoms with Crippen molar-refractivity contribution in [2.45, 2.75) is 69.6 Å². The molecule has 1 aromatic rings. The van der Waals surface area contributed by atoms with Gasteiger partial charge in [-0.15, -0.1) is 0 Å². The Bertz CT molecular complexity index is 498. The van der Waals surface area contributed by atoms with Crippen LogP contribution >= 0.6 is 0 Å². The van der Waals surface area contributed by atoms with Gasteiger partial charge in [0.25, 0.3) is 0 Å². The number of carboxylic acid groups (broad SMARTS) is 1. The van der Waals surface area contributed by atoms with E-state index in [4.69, 9.17) is 0 Å². The first-order valence-corrected chi connectivity index (χ1v) is 8.08. The van der Waals surface area contributed by atoms with E-state index >= 15 is 0 Å². The molecule has 0 amide bonds. The minimum Gasteiger partial charge on any atom is -0.481 e. The summed E-state index contributed by atoms with van der Waals surface area (Å²) in [5.41, 5.74) is 3.30. The van der Waals surface area contributed by atoms with Crippen LogP contribution in [0.3, 0.4) is 0 Å². The van der Waals surface area contributed by atoms with Crippen molar-refractivity contribution in [3.05, 3.63) is 34.9 Å². The molecule has 0 aromatic heterocycles. The van der Waals surface area contributed by atoms with Crippen LogP contribution in [-0.4, -0.2) is 11.1 Å². The molecular formula is C18H24O2. The molecule has 0 spiro atoms. The Morgan fingerprint density at radius 3 is 2.25 bits per heavy atom. The number of aryl methyl sites for hydroxylation is 2. The Morgan fingerprint density at radius 2 is 1.55 bits per heavy atom. The van der Waals surface area contributed by atoms with Crippen LogP contribution in [0.2, 0.25) is 0 Å². The van der Waals surface area contributed by atoms with E-state index in [2.05, 4.69) is 18.2 Å². The van der Waals surface area contributed by atoms with Gasteiger partial charge in [-0.05, 0) is 55.2 Å². The first-order chi connectivity index (χ1) is 9.72. The van der Waals surface area contributed by atoms with Crippen molar-refractivity contribution >= 4 is 5.97 Å². The highest BCUT2D eigenvalue weighted by Gasteiger charge is 2.41. The van der Waals surface area contributed by atoms with Gasteiger partial charge in [-0.2, -0.15) is 0 Å². The second-order valence-electron chi connectivity index (χ2n) is 6.49. The van der Waals surface area contributed by atoms with Crippen molar-refractivity contribution in [2.24, 2.45) is 0 Å². The maximum absolute atomic E-state index is 11.9. The van der Waals surface area contributed by atoms with Crippen LogP contribution in [-0.2, 0) is 23.1 Å². The lowest BCUT2D eigenvalue weighted by Gasteiger charge is -2.34. The number of carbonyl (C=O) groups is 1. The first-order valence-electron chi connectivity index (χ1n) is 8.08. The fourth-order valence-corrected chi connectivity index (χ4v) is 3.99. The maximum Gasteiger partial charge on any atom is 0.314 e. The summed E-state index contributed by atoms with van der Waals surface area (Å²) in [5.74, 6) is -0.620. The van der Waals surface area contributed by atoms with Crippen molar-refractivity contribution in [3.8, 4) is 0 Å². The van der Waals surface area contributed by atoms with Gasteiger partial charge in [0.1, 0.15) is 0 Å². The van der Waals surface area contributed by atoms with Crippen LogP contribution < -0.4 is 0 Å². The fourth-order valence-electron chi connectivity index (χ4n) is 3.99. The standard InChI is InChI=1S/C18H24O2/c19-17(20)18(11-5-2-6-12-18)16-10-9-14-7-3-1-4-8-15(14)13-16/h9-10,13H,1-8,11-12H2,(H,19,20). The lowest BCUT2D eigenvalue weighted by Crippen LogP contribution is -2.37. The molecule has 0 saturated heterocycles. The summed E-state index contributed by atoms with van der Waals surface area (Å²) >= 11 is 0. The predicted octanol–water partition coefficient (Wildman–Crippen LogP) is 4.24. The summed E-state index contributed by atoms with van der Waals surface area (Å²) in [6, 6.07) is 6.53. The van der Waals surface area contributed by atoms with E-state index < -0.39 is 11.4 Å². The maximum atomic E-state index is 11.9. The average molecular weight is 272 g/mol. The molecule has 2 heteroatoms. The molecule has 1 aromatic carbocycles. The number of benzene rings is 1. The highest BCUT2D eigenvalue weighted by Crippen LogP contribution is 2.40. The second kappa shape index (κ2) is 5.59. The number of aliphatic carboxylic acids is 1. The molecule has 3 rings (SSSR count). The van der Waals surface area contributed by atoms with Crippen LogP contribution in [0.15, 0.2) is 18.2 Å². The van der Waals surface area contributed by atoms with Gasteiger partial charge in [0.15, 0.2) is 0 Å². The molecule has 20 heavy (non-hydrogen) atoms. The Labute approximate surface area is 121 Å². The number of carboxylic acids is 1. The molecule has 0 bridgehead atoms. The third kappa shape index (κ3) is 2.36. The zero-order chi connectivity index (χ0) is 14.0. The molecule has 2 aliphatic carbocycles. The number of rotatable bonds is 2. The van der Waals surface area contributed by atoms with Gasteiger partial charge in [0.05, 0.1) is 5.41 Å². The topological polar surface area (TPSA) is 37.3 Å². The van der Waals surface area contributed by atoms with Crippen LogP contribution in [0.1, 0.15) is 68.1 Å². The van der Waals surface area contributed by atoms with Crippen LogP contribution in [0.5, 0.6) is 0 Å². The SMILES string of the molecule is O=C(O)C1(c2ccc3c(c2)CCCCC3)CCCCC1. The quantitative estimate of drug-likeness (QED) is 0.817. The van der Waals surface area contributed by atoms with Crippen LogP contribution in [0.25, 0.3) is 0 Å². The third-order valence-corrected chi connectivity index (χ3v) is 5.27. The number of hydrogen-bond acceptors (Lipinski definition) is 1. The summed E-state index contributed by atoms with van der Waals surface area (Å²) in [5, 5.41) is 9.80. The molecule has 2 nitrogen and oxygen atoms in total. The average Bonchev–Trinajstić information content (AvgIpc) is 2.72. The van der Waals surface area contributed by atoms with Crippen molar-refractivity contribution in [3.63, 3.8) is 0 Å². The van der Waals surface area contributed by atoms with E-state index in [0.29, 0.717) is 0 Å². The lowest BCUT2D eigenvalue weighted by molar-refractivity contribution is -0.145.